The summed E-state index contributed by atoms with van der Waals surface area (Å²) in [7, 11) is -10.8. The van der Waals surface area contributed by atoms with Crippen molar-refractivity contribution in [1.29, 1.82) is 0 Å². The standard InChI is InChI=1S/C12H18N2O7P2/c15-12(22(16,17)18,23(19,20)21)8-4-3-7-11-13-9-5-1-2-6-10(9)14-11/h1-2,5-6,15H,3-4,7-8H2,(H,13,14)(H2,16,17,18)(H2,19,20,21). The molecule has 128 valence electrons. The Morgan fingerprint density at radius 2 is 1.65 bits per heavy atom. The van der Waals surface area contributed by atoms with E-state index in [4.69, 9.17) is 19.6 Å². The largest absolute Gasteiger partial charge is 0.369 e. The minimum absolute atomic E-state index is 0.0176. The Kier molecular flexibility index (Phi) is 5.13. The Balaban J connectivity index is 1.98. The molecule has 1 heterocycles. The van der Waals surface area contributed by atoms with Crippen LogP contribution >= 0.6 is 15.2 Å². The van der Waals surface area contributed by atoms with Gasteiger partial charge in [-0.2, -0.15) is 0 Å². The molecule has 0 aliphatic rings. The molecule has 1 aromatic carbocycles. The zero-order valence-corrected chi connectivity index (χ0v) is 13.8. The number of nitrogens with zero attached hydrogens (tertiary/aromatic N) is 1. The smallest absolute Gasteiger partial charge is 0.368 e. The quantitative estimate of drug-likeness (QED) is 0.316. The molecule has 0 bridgehead atoms. The third-order valence-electron chi connectivity index (χ3n) is 3.55. The van der Waals surface area contributed by atoms with Gasteiger partial charge in [0.25, 0.3) is 5.08 Å². The van der Waals surface area contributed by atoms with Gasteiger partial charge in [-0.05, 0) is 31.4 Å². The molecule has 0 saturated carbocycles. The van der Waals surface area contributed by atoms with Gasteiger partial charge < -0.3 is 29.7 Å². The van der Waals surface area contributed by atoms with Crippen LogP contribution in [0, 0.1) is 0 Å². The second-order valence-electron chi connectivity index (χ2n) is 5.27. The summed E-state index contributed by atoms with van der Waals surface area (Å²) in [5, 5.41) is 6.41. The molecular weight excluding hydrogens is 346 g/mol. The number of fused-ring (bicyclic) bond motifs is 1. The molecule has 6 N–H and O–H groups in total. The lowest BCUT2D eigenvalue weighted by atomic mass is 10.2. The van der Waals surface area contributed by atoms with E-state index in [1.54, 1.807) is 0 Å². The summed E-state index contributed by atoms with van der Waals surface area (Å²) in [5.74, 6) is 0.655. The highest BCUT2D eigenvalue weighted by atomic mass is 31.2. The first-order valence-corrected chi connectivity index (χ1v) is 10.0. The molecule has 0 spiro atoms. The summed E-state index contributed by atoms with van der Waals surface area (Å²) in [5.41, 5.74) is 1.63. The molecule has 2 rings (SSSR count). The molecule has 2 aromatic rings. The Morgan fingerprint density at radius 1 is 1.04 bits per heavy atom. The molecule has 11 heteroatoms. The van der Waals surface area contributed by atoms with Gasteiger partial charge in [0, 0.05) is 6.42 Å². The molecule has 0 atom stereocenters. The van der Waals surface area contributed by atoms with Crippen molar-refractivity contribution in [3.8, 4) is 0 Å². The van der Waals surface area contributed by atoms with E-state index in [2.05, 4.69) is 9.97 Å². The molecule has 0 saturated heterocycles. The van der Waals surface area contributed by atoms with Crippen molar-refractivity contribution >= 4 is 26.2 Å². The number of H-pyrrole nitrogens is 1. The number of para-hydroxylation sites is 2. The summed E-state index contributed by atoms with van der Waals surface area (Å²) in [6.07, 6.45) is 0.0841. The fraction of sp³-hybridized carbons (Fsp3) is 0.417. The molecule has 1 aromatic heterocycles. The minimum Gasteiger partial charge on any atom is -0.368 e. The number of benzene rings is 1. The van der Waals surface area contributed by atoms with Crippen LogP contribution in [0.25, 0.3) is 11.0 Å². The second-order valence-corrected chi connectivity index (χ2v) is 9.28. The maximum Gasteiger partial charge on any atom is 0.369 e. The van der Waals surface area contributed by atoms with Crippen LogP contribution in [0.3, 0.4) is 0 Å². The van der Waals surface area contributed by atoms with Crippen molar-refractivity contribution in [2.24, 2.45) is 0 Å². The van der Waals surface area contributed by atoms with Gasteiger partial charge >= 0.3 is 15.2 Å². The summed E-state index contributed by atoms with van der Waals surface area (Å²) in [6.45, 7) is 0. The van der Waals surface area contributed by atoms with Crippen molar-refractivity contribution in [1.82, 2.24) is 9.97 Å². The topological polar surface area (TPSA) is 164 Å². The Morgan fingerprint density at radius 3 is 2.22 bits per heavy atom. The van der Waals surface area contributed by atoms with Gasteiger partial charge in [0.05, 0.1) is 11.0 Å². The molecule has 0 unspecified atom stereocenters. The summed E-state index contributed by atoms with van der Waals surface area (Å²) in [6, 6.07) is 7.37. The minimum atomic E-state index is -5.38. The van der Waals surface area contributed by atoms with Gasteiger partial charge in [-0.1, -0.05) is 12.1 Å². The average Bonchev–Trinajstić information content (AvgIpc) is 2.83. The van der Waals surface area contributed by atoms with E-state index in [9.17, 15) is 14.2 Å². The van der Waals surface area contributed by atoms with Crippen LogP contribution in [-0.4, -0.2) is 39.7 Å². The van der Waals surface area contributed by atoms with Gasteiger partial charge in [-0.15, -0.1) is 0 Å². The van der Waals surface area contributed by atoms with E-state index in [0.717, 1.165) is 11.0 Å². The first kappa shape index (κ1) is 18.3. The van der Waals surface area contributed by atoms with Gasteiger partial charge in [0.1, 0.15) is 5.82 Å². The van der Waals surface area contributed by atoms with Crippen molar-refractivity contribution in [2.75, 3.05) is 0 Å². The monoisotopic (exact) mass is 364 g/mol. The molecule has 0 aliphatic heterocycles. The Hall–Kier alpha value is -1.05. The fourth-order valence-electron chi connectivity index (χ4n) is 2.24. The number of imidazole rings is 1. The Labute approximate surface area is 131 Å². The highest BCUT2D eigenvalue weighted by Crippen LogP contribution is 2.69. The first-order chi connectivity index (χ1) is 10.5. The molecule has 0 aliphatic carbocycles. The van der Waals surface area contributed by atoms with Crippen LogP contribution in [0.2, 0.25) is 0 Å². The highest BCUT2D eigenvalue weighted by Gasteiger charge is 2.58. The number of hydrogen-bond donors (Lipinski definition) is 6. The predicted molar refractivity (Wildman–Crippen MR) is 82.7 cm³/mol. The lowest BCUT2D eigenvalue weighted by Crippen LogP contribution is -2.28. The van der Waals surface area contributed by atoms with Gasteiger partial charge in [-0.25, -0.2) is 4.98 Å². The van der Waals surface area contributed by atoms with E-state index < -0.39 is 26.7 Å². The third kappa shape index (κ3) is 3.89. The summed E-state index contributed by atoms with van der Waals surface area (Å²) >= 11 is 0. The average molecular weight is 364 g/mol. The number of rotatable bonds is 7. The number of aryl methyl sites for hydroxylation is 1. The van der Waals surface area contributed by atoms with Crippen molar-refractivity contribution < 1.29 is 33.8 Å². The van der Waals surface area contributed by atoms with E-state index in [1.807, 2.05) is 24.3 Å². The van der Waals surface area contributed by atoms with Crippen molar-refractivity contribution in [2.45, 2.75) is 30.8 Å². The lowest BCUT2D eigenvalue weighted by Gasteiger charge is -2.29. The van der Waals surface area contributed by atoms with Gasteiger partial charge in [0.15, 0.2) is 0 Å². The summed E-state index contributed by atoms with van der Waals surface area (Å²) < 4.78 is 22.4. The number of aliphatic hydroxyl groups is 1. The van der Waals surface area contributed by atoms with Gasteiger partial charge in [-0.3, -0.25) is 9.13 Å². The normalized spacial score (nSPS) is 13.6. The molecule has 0 amide bonds. The van der Waals surface area contributed by atoms with Crippen LogP contribution in [0.5, 0.6) is 0 Å². The van der Waals surface area contributed by atoms with Crippen LogP contribution in [0.15, 0.2) is 24.3 Å². The zero-order valence-electron chi connectivity index (χ0n) is 12.0. The number of hydrogen-bond acceptors (Lipinski definition) is 4. The van der Waals surface area contributed by atoms with Crippen LogP contribution in [-0.2, 0) is 15.6 Å². The van der Waals surface area contributed by atoms with Crippen LogP contribution in [0.4, 0.5) is 0 Å². The number of unbranched alkanes of at least 4 members (excludes halogenated alkanes) is 1. The first-order valence-electron chi connectivity index (χ1n) is 6.82. The lowest BCUT2D eigenvalue weighted by molar-refractivity contribution is 0.120. The molecule has 0 fully saturated rings. The Bertz CT molecular complexity index is 724. The zero-order chi connectivity index (χ0) is 17.3. The predicted octanol–water partition coefficient (Wildman–Crippen LogP) is 1.28. The molecule has 0 radical (unpaired) electrons. The van der Waals surface area contributed by atoms with Crippen LogP contribution < -0.4 is 0 Å². The van der Waals surface area contributed by atoms with E-state index in [0.29, 0.717) is 18.7 Å². The van der Waals surface area contributed by atoms with Gasteiger partial charge in [0.2, 0.25) is 0 Å². The maximum absolute atomic E-state index is 11.2. The second kappa shape index (κ2) is 6.45. The number of nitrogens with one attached hydrogen (secondary N) is 1. The maximum atomic E-state index is 11.2. The summed E-state index contributed by atoms with van der Waals surface area (Å²) in [4.78, 5) is 43.5. The number of aromatic nitrogens is 2. The van der Waals surface area contributed by atoms with Crippen molar-refractivity contribution in [3.63, 3.8) is 0 Å². The van der Waals surface area contributed by atoms with E-state index in [-0.39, 0.29) is 6.42 Å². The van der Waals surface area contributed by atoms with E-state index in [1.165, 1.54) is 0 Å². The molecule has 23 heavy (non-hydrogen) atoms. The van der Waals surface area contributed by atoms with Crippen molar-refractivity contribution in [3.05, 3.63) is 30.1 Å². The molecule has 9 nitrogen and oxygen atoms in total. The fourth-order valence-corrected chi connectivity index (χ4v) is 4.50. The van der Waals surface area contributed by atoms with E-state index >= 15 is 0 Å². The highest BCUT2D eigenvalue weighted by molar-refractivity contribution is 7.72. The SMILES string of the molecule is O=P(O)(O)C(O)(CCCCc1nc2ccccc2[nH]1)P(=O)(O)O. The van der Waals surface area contributed by atoms with Crippen LogP contribution in [0.1, 0.15) is 25.1 Å². The third-order valence-corrected chi connectivity index (χ3v) is 7.42. The number of aromatic amines is 1. The molecular formula is C12H18N2O7P2.